The van der Waals surface area contributed by atoms with E-state index in [1.165, 1.54) is 25.7 Å². The molecule has 2 rings (SSSR count). The van der Waals surface area contributed by atoms with E-state index in [-0.39, 0.29) is 0 Å². The van der Waals surface area contributed by atoms with Gasteiger partial charge in [0.1, 0.15) is 12.4 Å². The summed E-state index contributed by atoms with van der Waals surface area (Å²) in [6.07, 6.45) is 7.24. The van der Waals surface area contributed by atoms with Gasteiger partial charge in [-0.2, -0.15) is 0 Å². The highest BCUT2D eigenvalue weighted by Crippen LogP contribution is 2.26. The van der Waals surface area contributed by atoms with Gasteiger partial charge in [-0.1, -0.05) is 19.8 Å². The summed E-state index contributed by atoms with van der Waals surface area (Å²) in [5, 5.41) is 0. The molecule has 0 radical (unpaired) electrons. The Morgan fingerprint density at radius 2 is 2.43 bits per heavy atom. The Morgan fingerprint density at radius 3 is 3.14 bits per heavy atom. The highest BCUT2D eigenvalue weighted by atomic mass is 16.5. The second kappa shape index (κ2) is 4.65. The minimum Gasteiger partial charge on any atom is -0.467 e. The van der Waals surface area contributed by atoms with Crippen LogP contribution in [0.1, 0.15) is 38.4 Å². The first kappa shape index (κ1) is 9.78. The quantitative estimate of drug-likeness (QED) is 0.736. The number of ether oxygens (including phenoxy) is 1. The largest absolute Gasteiger partial charge is 0.467 e. The van der Waals surface area contributed by atoms with Crippen molar-refractivity contribution in [2.24, 2.45) is 5.92 Å². The summed E-state index contributed by atoms with van der Waals surface area (Å²) in [6.45, 7) is 2.94. The van der Waals surface area contributed by atoms with Crippen molar-refractivity contribution in [3.63, 3.8) is 0 Å². The Kier molecular flexibility index (Phi) is 3.25. The second-order valence-electron chi connectivity index (χ2n) is 4.28. The van der Waals surface area contributed by atoms with Gasteiger partial charge in [-0.15, -0.1) is 0 Å². The fourth-order valence-electron chi connectivity index (χ4n) is 2.12. The van der Waals surface area contributed by atoms with Crippen LogP contribution >= 0.6 is 0 Å². The summed E-state index contributed by atoms with van der Waals surface area (Å²) < 4.78 is 11.0. The molecule has 78 valence electrons. The predicted molar refractivity (Wildman–Crippen MR) is 54.9 cm³/mol. The average Bonchev–Trinajstić information content (AvgIpc) is 2.67. The predicted octanol–water partition coefficient (Wildman–Crippen LogP) is 3.37. The molecule has 2 heteroatoms. The Labute approximate surface area is 85.3 Å². The molecule has 0 amide bonds. The number of hydrogen-bond donors (Lipinski definition) is 0. The summed E-state index contributed by atoms with van der Waals surface area (Å²) in [6, 6.07) is 3.87. The Balaban J connectivity index is 1.75. The smallest absolute Gasteiger partial charge is 0.129 e. The molecule has 1 aliphatic carbocycles. The van der Waals surface area contributed by atoms with Crippen molar-refractivity contribution >= 4 is 0 Å². The van der Waals surface area contributed by atoms with E-state index in [2.05, 4.69) is 6.92 Å². The third-order valence-electron chi connectivity index (χ3n) is 2.93. The summed E-state index contributed by atoms with van der Waals surface area (Å²) in [5.74, 6) is 1.76. The van der Waals surface area contributed by atoms with Crippen LogP contribution in [0.15, 0.2) is 22.8 Å². The fourth-order valence-corrected chi connectivity index (χ4v) is 2.12. The SMILES string of the molecule is CC1CCCC(OCc2ccco2)C1. The normalized spacial score (nSPS) is 27.8. The summed E-state index contributed by atoms with van der Waals surface area (Å²) in [4.78, 5) is 0. The Bertz CT molecular complexity index is 253. The zero-order valence-corrected chi connectivity index (χ0v) is 8.74. The summed E-state index contributed by atoms with van der Waals surface area (Å²) in [5.41, 5.74) is 0. The van der Waals surface area contributed by atoms with Crippen molar-refractivity contribution in [1.29, 1.82) is 0 Å². The lowest BCUT2D eigenvalue weighted by Crippen LogP contribution is -2.21. The van der Waals surface area contributed by atoms with Crippen molar-refractivity contribution in [3.05, 3.63) is 24.2 Å². The van der Waals surface area contributed by atoms with Gasteiger partial charge < -0.3 is 9.15 Å². The minimum absolute atomic E-state index is 0.448. The Morgan fingerprint density at radius 1 is 1.50 bits per heavy atom. The van der Waals surface area contributed by atoms with E-state index in [4.69, 9.17) is 9.15 Å². The number of hydrogen-bond acceptors (Lipinski definition) is 2. The van der Waals surface area contributed by atoms with Crippen LogP contribution < -0.4 is 0 Å². The van der Waals surface area contributed by atoms with Crippen molar-refractivity contribution in [2.45, 2.75) is 45.3 Å². The van der Waals surface area contributed by atoms with Gasteiger partial charge in [0, 0.05) is 0 Å². The van der Waals surface area contributed by atoms with Crippen LogP contribution in [0.2, 0.25) is 0 Å². The monoisotopic (exact) mass is 194 g/mol. The van der Waals surface area contributed by atoms with E-state index in [1.807, 2.05) is 12.1 Å². The first-order chi connectivity index (χ1) is 6.84. The van der Waals surface area contributed by atoms with E-state index in [0.717, 1.165) is 11.7 Å². The van der Waals surface area contributed by atoms with Gasteiger partial charge in [0.15, 0.2) is 0 Å². The topological polar surface area (TPSA) is 22.4 Å². The standard InChI is InChI=1S/C12H18O2/c1-10-4-2-5-11(8-10)14-9-12-6-3-7-13-12/h3,6-7,10-11H,2,4-5,8-9H2,1H3. The molecule has 1 saturated carbocycles. The van der Waals surface area contributed by atoms with E-state index < -0.39 is 0 Å². The van der Waals surface area contributed by atoms with Crippen LogP contribution in [0.25, 0.3) is 0 Å². The van der Waals surface area contributed by atoms with Crippen LogP contribution in [0.5, 0.6) is 0 Å². The molecular weight excluding hydrogens is 176 g/mol. The van der Waals surface area contributed by atoms with E-state index in [1.54, 1.807) is 6.26 Å². The Hall–Kier alpha value is -0.760. The molecule has 0 bridgehead atoms. The molecule has 0 saturated heterocycles. The van der Waals surface area contributed by atoms with Gasteiger partial charge in [-0.3, -0.25) is 0 Å². The highest BCUT2D eigenvalue weighted by Gasteiger charge is 2.19. The molecule has 0 spiro atoms. The zero-order chi connectivity index (χ0) is 9.80. The van der Waals surface area contributed by atoms with Crippen molar-refractivity contribution in [2.75, 3.05) is 0 Å². The second-order valence-corrected chi connectivity index (χ2v) is 4.28. The number of rotatable bonds is 3. The molecule has 1 heterocycles. The van der Waals surface area contributed by atoms with Gasteiger partial charge in [-0.25, -0.2) is 0 Å². The van der Waals surface area contributed by atoms with E-state index in [9.17, 15) is 0 Å². The maximum Gasteiger partial charge on any atom is 0.129 e. The maximum atomic E-state index is 5.80. The molecule has 0 N–H and O–H groups in total. The fraction of sp³-hybridized carbons (Fsp3) is 0.667. The third kappa shape index (κ3) is 2.61. The van der Waals surface area contributed by atoms with E-state index >= 15 is 0 Å². The molecule has 2 atom stereocenters. The summed E-state index contributed by atoms with van der Waals surface area (Å²) in [7, 11) is 0. The lowest BCUT2D eigenvalue weighted by Gasteiger charge is -2.26. The lowest BCUT2D eigenvalue weighted by atomic mass is 9.89. The first-order valence-electron chi connectivity index (χ1n) is 5.48. The maximum absolute atomic E-state index is 5.80. The average molecular weight is 194 g/mol. The van der Waals surface area contributed by atoms with Gasteiger partial charge in [0.05, 0.1) is 12.4 Å². The van der Waals surface area contributed by atoms with Crippen LogP contribution in [0, 0.1) is 5.92 Å². The molecule has 0 aliphatic heterocycles. The molecule has 1 aromatic heterocycles. The van der Waals surface area contributed by atoms with Gasteiger partial charge >= 0.3 is 0 Å². The van der Waals surface area contributed by atoms with Gasteiger partial charge in [-0.05, 0) is 30.9 Å². The van der Waals surface area contributed by atoms with Gasteiger partial charge in [0.2, 0.25) is 0 Å². The van der Waals surface area contributed by atoms with Crippen LogP contribution in [0.3, 0.4) is 0 Å². The summed E-state index contributed by atoms with van der Waals surface area (Å²) >= 11 is 0. The minimum atomic E-state index is 0.448. The van der Waals surface area contributed by atoms with Crippen molar-refractivity contribution in [3.8, 4) is 0 Å². The van der Waals surface area contributed by atoms with Crippen molar-refractivity contribution in [1.82, 2.24) is 0 Å². The molecular formula is C12H18O2. The molecule has 1 fully saturated rings. The third-order valence-corrected chi connectivity index (χ3v) is 2.93. The molecule has 2 unspecified atom stereocenters. The van der Waals surface area contributed by atoms with E-state index in [0.29, 0.717) is 12.7 Å². The molecule has 1 aliphatic rings. The zero-order valence-electron chi connectivity index (χ0n) is 8.74. The van der Waals surface area contributed by atoms with Crippen molar-refractivity contribution < 1.29 is 9.15 Å². The lowest BCUT2D eigenvalue weighted by molar-refractivity contribution is -0.00264. The van der Waals surface area contributed by atoms with Crippen LogP contribution in [-0.2, 0) is 11.3 Å². The molecule has 1 aromatic rings. The molecule has 0 aromatic carbocycles. The van der Waals surface area contributed by atoms with Crippen LogP contribution in [0.4, 0.5) is 0 Å². The molecule has 14 heavy (non-hydrogen) atoms. The first-order valence-corrected chi connectivity index (χ1v) is 5.48. The highest BCUT2D eigenvalue weighted by molar-refractivity contribution is 4.96. The van der Waals surface area contributed by atoms with Crippen LogP contribution in [-0.4, -0.2) is 6.10 Å². The van der Waals surface area contributed by atoms with Gasteiger partial charge in [0.25, 0.3) is 0 Å². The molecule has 2 nitrogen and oxygen atoms in total. The number of furan rings is 1.